The molecule has 4 rings (SSSR count). The van der Waals surface area contributed by atoms with Crippen molar-refractivity contribution in [2.75, 3.05) is 14.2 Å². The number of aliphatic hydroxyl groups is 1. The minimum atomic E-state index is -1.70. The van der Waals surface area contributed by atoms with E-state index >= 15 is 0 Å². The Morgan fingerprint density at radius 1 is 0.900 bits per heavy atom. The van der Waals surface area contributed by atoms with Gasteiger partial charge in [0.25, 0.3) is 0 Å². The highest BCUT2D eigenvalue weighted by molar-refractivity contribution is 5.72. The number of hydrogen-bond donors (Lipinski definition) is 1. The summed E-state index contributed by atoms with van der Waals surface area (Å²) in [5, 5.41) is 12.0. The lowest BCUT2D eigenvalue weighted by Crippen LogP contribution is -2.45. The predicted octanol–water partition coefficient (Wildman–Crippen LogP) is 4.24. The third-order valence-corrected chi connectivity index (χ3v) is 5.33. The quantitative estimate of drug-likeness (QED) is 0.664. The van der Waals surface area contributed by atoms with Gasteiger partial charge in [-0.2, -0.15) is 0 Å². The molecule has 0 bridgehead atoms. The second-order valence-electron chi connectivity index (χ2n) is 7.06. The summed E-state index contributed by atoms with van der Waals surface area (Å²) in [7, 11) is 3.16. The third-order valence-electron chi connectivity index (χ3n) is 5.33. The fourth-order valence-corrected chi connectivity index (χ4v) is 3.70. The highest BCUT2D eigenvalue weighted by Gasteiger charge is 2.56. The first-order chi connectivity index (χ1) is 14.6. The minimum Gasteiger partial charge on any atom is -0.497 e. The van der Waals surface area contributed by atoms with Crippen LogP contribution in [-0.4, -0.2) is 30.3 Å². The number of ether oxygens (including phenoxy) is 3. The lowest BCUT2D eigenvalue weighted by Gasteiger charge is -2.35. The molecule has 1 N–H and O–H groups in total. The van der Waals surface area contributed by atoms with Crippen molar-refractivity contribution in [3.63, 3.8) is 0 Å². The molecule has 3 aromatic rings. The van der Waals surface area contributed by atoms with E-state index in [0.717, 1.165) is 5.56 Å². The van der Waals surface area contributed by atoms with Gasteiger partial charge in [-0.25, -0.2) is 4.79 Å². The van der Waals surface area contributed by atoms with Crippen LogP contribution in [0.15, 0.2) is 78.9 Å². The first kappa shape index (κ1) is 19.8. The lowest BCUT2D eigenvalue weighted by molar-refractivity contribution is -0.113. The molecular formula is C24H23NO5. The van der Waals surface area contributed by atoms with Gasteiger partial charge in [-0.05, 0) is 35.4 Å². The van der Waals surface area contributed by atoms with E-state index in [1.54, 1.807) is 62.8 Å². The Bertz CT molecular complexity index is 1000. The Labute approximate surface area is 175 Å². The molecule has 30 heavy (non-hydrogen) atoms. The number of amides is 1. The maximum Gasteiger partial charge on any atom is 0.413 e. The van der Waals surface area contributed by atoms with Crippen LogP contribution in [0.4, 0.5) is 4.79 Å². The summed E-state index contributed by atoms with van der Waals surface area (Å²) in [5.41, 5.74) is 0.383. The number of carbonyl (C=O) groups is 1. The van der Waals surface area contributed by atoms with Gasteiger partial charge in [0.2, 0.25) is 5.72 Å². The van der Waals surface area contributed by atoms with Gasteiger partial charge in [-0.15, -0.1) is 0 Å². The van der Waals surface area contributed by atoms with Crippen molar-refractivity contribution in [2.45, 2.75) is 18.4 Å². The normalized spacial score (nSPS) is 20.7. The van der Waals surface area contributed by atoms with Crippen LogP contribution in [0.5, 0.6) is 11.5 Å². The van der Waals surface area contributed by atoms with Crippen LogP contribution in [0, 0.1) is 0 Å². The molecule has 1 fully saturated rings. The standard InChI is InChI=1S/C24H23NO5/c1-28-20-12-8-18(9-13-20)22-24(27,19-10-14-21(29-2)15-11-19)25(23(26)30-22)16-17-6-4-3-5-7-17/h3-15,22,27H,16H2,1-2H3/t22-,24-/m1/s1. The van der Waals surface area contributed by atoms with Crippen molar-refractivity contribution >= 4 is 6.09 Å². The Kier molecular flexibility index (Phi) is 5.33. The summed E-state index contributed by atoms with van der Waals surface area (Å²) < 4.78 is 16.2. The summed E-state index contributed by atoms with van der Waals surface area (Å²) >= 11 is 0. The molecule has 6 nitrogen and oxygen atoms in total. The molecule has 2 atom stereocenters. The Balaban J connectivity index is 1.79. The van der Waals surface area contributed by atoms with Crippen molar-refractivity contribution in [3.05, 3.63) is 95.6 Å². The SMILES string of the molecule is COc1ccc([C@H]2OC(=O)N(Cc3ccccc3)[C@@]2(O)c2ccc(OC)cc2)cc1. The van der Waals surface area contributed by atoms with Gasteiger partial charge in [-0.1, -0.05) is 54.6 Å². The number of hydrogen-bond acceptors (Lipinski definition) is 5. The molecular weight excluding hydrogens is 382 g/mol. The lowest BCUT2D eigenvalue weighted by atomic mass is 9.91. The van der Waals surface area contributed by atoms with Gasteiger partial charge >= 0.3 is 6.09 Å². The van der Waals surface area contributed by atoms with Gasteiger partial charge in [0.1, 0.15) is 11.5 Å². The highest BCUT2D eigenvalue weighted by Crippen LogP contribution is 2.47. The molecule has 0 unspecified atom stereocenters. The summed E-state index contributed by atoms with van der Waals surface area (Å²) in [6, 6.07) is 23.6. The molecule has 1 saturated heterocycles. The van der Waals surface area contributed by atoms with E-state index in [2.05, 4.69) is 0 Å². The fraction of sp³-hybridized carbons (Fsp3) is 0.208. The summed E-state index contributed by atoms with van der Waals surface area (Å²) in [4.78, 5) is 14.3. The van der Waals surface area contributed by atoms with E-state index < -0.39 is 17.9 Å². The van der Waals surface area contributed by atoms with Crippen molar-refractivity contribution in [1.82, 2.24) is 4.90 Å². The van der Waals surface area contributed by atoms with Crippen LogP contribution in [0.3, 0.4) is 0 Å². The Hall–Kier alpha value is -3.51. The zero-order chi connectivity index (χ0) is 21.1. The molecule has 1 amide bonds. The van der Waals surface area contributed by atoms with Crippen LogP contribution in [0.2, 0.25) is 0 Å². The second kappa shape index (κ2) is 8.08. The minimum absolute atomic E-state index is 0.203. The molecule has 154 valence electrons. The average molecular weight is 405 g/mol. The number of rotatable bonds is 6. The van der Waals surface area contributed by atoms with Crippen LogP contribution >= 0.6 is 0 Å². The van der Waals surface area contributed by atoms with Crippen molar-refractivity contribution in [2.24, 2.45) is 0 Å². The van der Waals surface area contributed by atoms with Gasteiger partial charge in [-0.3, -0.25) is 4.90 Å². The van der Waals surface area contributed by atoms with Crippen LogP contribution < -0.4 is 9.47 Å². The molecule has 1 aliphatic heterocycles. The molecule has 1 aliphatic rings. The molecule has 0 radical (unpaired) electrons. The van der Waals surface area contributed by atoms with E-state index in [4.69, 9.17) is 14.2 Å². The Morgan fingerprint density at radius 2 is 1.47 bits per heavy atom. The first-order valence-electron chi connectivity index (χ1n) is 9.59. The molecule has 0 spiro atoms. The van der Waals surface area contributed by atoms with Gasteiger partial charge in [0, 0.05) is 5.56 Å². The van der Waals surface area contributed by atoms with E-state index in [1.807, 2.05) is 30.3 Å². The largest absolute Gasteiger partial charge is 0.497 e. The summed E-state index contributed by atoms with van der Waals surface area (Å²) in [6.45, 7) is 0.203. The van der Waals surface area contributed by atoms with E-state index in [1.165, 1.54) is 4.90 Å². The maximum atomic E-state index is 12.9. The summed E-state index contributed by atoms with van der Waals surface area (Å²) in [6.07, 6.45) is -1.49. The zero-order valence-electron chi connectivity index (χ0n) is 16.8. The predicted molar refractivity (Wildman–Crippen MR) is 111 cm³/mol. The molecule has 3 aromatic carbocycles. The van der Waals surface area contributed by atoms with E-state index in [0.29, 0.717) is 22.6 Å². The van der Waals surface area contributed by atoms with Crippen molar-refractivity contribution in [1.29, 1.82) is 0 Å². The number of cyclic esters (lactones) is 1. The average Bonchev–Trinajstić information content (AvgIpc) is 3.06. The maximum absolute atomic E-state index is 12.9. The van der Waals surface area contributed by atoms with Crippen molar-refractivity contribution < 1.29 is 24.1 Å². The third kappa shape index (κ3) is 3.46. The number of methoxy groups -OCH3 is 2. The van der Waals surface area contributed by atoms with Crippen molar-refractivity contribution in [3.8, 4) is 11.5 Å². The first-order valence-corrected chi connectivity index (χ1v) is 9.59. The molecule has 6 heteroatoms. The number of benzene rings is 3. The van der Waals surface area contributed by atoms with Gasteiger partial charge < -0.3 is 19.3 Å². The van der Waals surface area contributed by atoms with Crippen LogP contribution in [0.25, 0.3) is 0 Å². The molecule has 1 heterocycles. The highest BCUT2D eigenvalue weighted by atomic mass is 16.6. The zero-order valence-corrected chi connectivity index (χ0v) is 16.8. The van der Waals surface area contributed by atoms with Crippen LogP contribution in [-0.2, 0) is 17.0 Å². The number of nitrogens with zero attached hydrogens (tertiary/aromatic N) is 1. The van der Waals surface area contributed by atoms with E-state index in [9.17, 15) is 9.90 Å². The molecule has 0 saturated carbocycles. The smallest absolute Gasteiger partial charge is 0.413 e. The molecule has 0 aliphatic carbocycles. The second-order valence-corrected chi connectivity index (χ2v) is 7.06. The van der Waals surface area contributed by atoms with Crippen LogP contribution in [0.1, 0.15) is 22.8 Å². The number of carbonyl (C=O) groups excluding carboxylic acids is 1. The van der Waals surface area contributed by atoms with Gasteiger partial charge in [0.05, 0.1) is 20.8 Å². The van der Waals surface area contributed by atoms with Gasteiger partial charge in [0.15, 0.2) is 6.10 Å². The monoisotopic (exact) mass is 405 g/mol. The fourth-order valence-electron chi connectivity index (χ4n) is 3.70. The Morgan fingerprint density at radius 3 is 2.03 bits per heavy atom. The summed E-state index contributed by atoms with van der Waals surface area (Å²) in [5.74, 6) is 1.33. The molecule has 0 aromatic heterocycles. The topological polar surface area (TPSA) is 68.2 Å². The van der Waals surface area contributed by atoms with E-state index in [-0.39, 0.29) is 6.54 Å².